The van der Waals surface area contributed by atoms with Gasteiger partial charge in [0, 0.05) is 54.5 Å². The van der Waals surface area contributed by atoms with Gasteiger partial charge < -0.3 is 14.7 Å². The highest BCUT2D eigenvalue weighted by Crippen LogP contribution is 2.43. The van der Waals surface area contributed by atoms with Crippen molar-refractivity contribution in [3.63, 3.8) is 0 Å². The van der Waals surface area contributed by atoms with Gasteiger partial charge in [0.15, 0.2) is 5.82 Å². The summed E-state index contributed by atoms with van der Waals surface area (Å²) in [5.74, 6) is 1.22. The highest BCUT2D eigenvalue weighted by molar-refractivity contribution is 7.88. The van der Waals surface area contributed by atoms with Gasteiger partial charge in [-0.05, 0) is 67.4 Å². The third-order valence-corrected chi connectivity index (χ3v) is 11.9. The van der Waals surface area contributed by atoms with E-state index in [1.807, 2.05) is 4.90 Å². The van der Waals surface area contributed by atoms with E-state index in [1.54, 1.807) is 10.4 Å². The van der Waals surface area contributed by atoms with Crippen LogP contribution in [-0.4, -0.2) is 95.5 Å². The molecule has 4 fully saturated rings. The maximum atomic E-state index is 16.9. The monoisotopic (exact) mass is 677 g/mol. The Balaban J connectivity index is 1.27. The number of alkyl halides is 1. The number of rotatable bonds is 6. The van der Waals surface area contributed by atoms with Crippen molar-refractivity contribution in [2.75, 3.05) is 43.9 Å². The van der Waals surface area contributed by atoms with E-state index in [0.29, 0.717) is 55.5 Å². The molecule has 4 aliphatic rings. The van der Waals surface area contributed by atoms with Crippen molar-refractivity contribution in [1.82, 2.24) is 19.2 Å². The van der Waals surface area contributed by atoms with E-state index in [4.69, 9.17) is 16.1 Å². The van der Waals surface area contributed by atoms with Gasteiger partial charge in [0.2, 0.25) is 10.0 Å². The number of aromatic nitrogens is 2. The highest BCUT2D eigenvalue weighted by Gasteiger charge is 2.50. The Morgan fingerprint density at radius 1 is 1.08 bits per heavy atom. The van der Waals surface area contributed by atoms with Gasteiger partial charge in [-0.3, -0.25) is 4.90 Å². The molecule has 250 valence electrons. The molecular weight excluding hydrogens is 643 g/mol. The Morgan fingerprint density at radius 2 is 1.85 bits per heavy atom. The lowest BCUT2D eigenvalue weighted by atomic mass is 9.93. The lowest BCUT2D eigenvalue weighted by molar-refractivity contribution is 0.107. The number of halogens is 3. The fourth-order valence-electron chi connectivity index (χ4n) is 8.64. The minimum Gasteiger partial charge on any atom is -0.508 e. The van der Waals surface area contributed by atoms with Gasteiger partial charge in [-0.1, -0.05) is 18.1 Å². The molecule has 2 unspecified atom stereocenters. The molecule has 2 bridgehead atoms. The molecular formula is C35H34F3N5O4S. The predicted molar refractivity (Wildman–Crippen MR) is 176 cm³/mol. The number of anilines is 1. The summed E-state index contributed by atoms with van der Waals surface area (Å²) in [7, 11) is -3.43. The third kappa shape index (κ3) is 4.95. The van der Waals surface area contributed by atoms with Crippen molar-refractivity contribution in [1.29, 1.82) is 0 Å². The number of sulfonamides is 1. The van der Waals surface area contributed by atoms with Crippen molar-refractivity contribution in [2.45, 2.75) is 55.9 Å². The van der Waals surface area contributed by atoms with E-state index >= 15 is 4.39 Å². The number of fused-ring (bicyclic) bond motifs is 5. The average molecular weight is 678 g/mol. The van der Waals surface area contributed by atoms with Crippen molar-refractivity contribution in [3.05, 3.63) is 53.6 Å². The van der Waals surface area contributed by atoms with E-state index in [9.17, 15) is 22.3 Å². The average Bonchev–Trinajstić information content (AvgIpc) is 3.67. The lowest BCUT2D eigenvalue weighted by Gasteiger charge is -2.40. The zero-order valence-electron chi connectivity index (χ0n) is 26.3. The van der Waals surface area contributed by atoms with Crippen LogP contribution in [0.2, 0.25) is 0 Å². The van der Waals surface area contributed by atoms with E-state index in [1.165, 1.54) is 36.6 Å². The van der Waals surface area contributed by atoms with E-state index in [-0.39, 0.29) is 58.0 Å². The minimum absolute atomic E-state index is 0.0414. The Kier molecular flexibility index (Phi) is 7.28. The molecule has 48 heavy (non-hydrogen) atoms. The normalized spacial score (nSPS) is 26.0. The molecule has 13 heteroatoms. The molecule has 5 heterocycles. The van der Waals surface area contributed by atoms with Crippen molar-refractivity contribution in [3.8, 4) is 35.2 Å². The van der Waals surface area contributed by atoms with Crippen molar-refractivity contribution in [2.24, 2.45) is 0 Å². The zero-order chi connectivity index (χ0) is 33.5. The summed E-state index contributed by atoms with van der Waals surface area (Å²) in [4.78, 5) is 13.4. The summed E-state index contributed by atoms with van der Waals surface area (Å²) in [6.07, 6.45) is 9.36. The largest absolute Gasteiger partial charge is 0.508 e. The summed E-state index contributed by atoms with van der Waals surface area (Å²) < 4.78 is 79.3. The number of hydrogen-bond acceptors (Lipinski definition) is 8. The second-order valence-electron chi connectivity index (χ2n) is 13.6. The molecule has 0 aliphatic carbocycles. The quantitative estimate of drug-likeness (QED) is 0.286. The topological polar surface area (TPSA) is 99.1 Å². The zero-order valence-corrected chi connectivity index (χ0v) is 27.1. The van der Waals surface area contributed by atoms with Gasteiger partial charge >= 0.3 is 6.01 Å². The number of aromatic hydroxyl groups is 1. The van der Waals surface area contributed by atoms with Gasteiger partial charge in [-0.15, -0.1) is 6.42 Å². The third-order valence-electron chi connectivity index (χ3n) is 10.6. The number of hydrogen-bond donors (Lipinski definition) is 1. The fraction of sp³-hybridized carbons (Fsp3) is 0.429. The minimum atomic E-state index is -3.43. The molecule has 8 rings (SSSR count). The van der Waals surface area contributed by atoms with E-state index < -0.39 is 33.4 Å². The fourth-order valence-corrected chi connectivity index (χ4v) is 10.1. The summed E-state index contributed by atoms with van der Waals surface area (Å²) in [6, 6.07) is 8.05. The first kappa shape index (κ1) is 31.2. The van der Waals surface area contributed by atoms with E-state index in [2.05, 4.69) is 15.8 Å². The molecule has 4 aliphatic heterocycles. The van der Waals surface area contributed by atoms with Gasteiger partial charge in [-0.25, -0.2) is 21.6 Å². The number of nitrogens with zero attached hydrogens (tertiary/aromatic N) is 5. The summed E-state index contributed by atoms with van der Waals surface area (Å²) in [6.45, 7) is 1.95. The Morgan fingerprint density at radius 3 is 2.58 bits per heavy atom. The van der Waals surface area contributed by atoms with Crippen LogP contribution in [0.15, 0.2) is 36.4 Å². The number of piperazine rings is 1. The number of phenols is 1. The van der Waals surface area contributed by atoms with Crippen LogP contribution in [0, 0.1) is 24.0 Å². The standard InChI is InChI=1S/C35H34F3N5O4S/c1-3-25-29(37)10-5-20-13-24(44)14-28(30(20)25)26-8-9-27-32(31(26)38)39-34(47-19-35-11-4-12-42(35)16-21(36)15-35)40-33(27)41-17-22-6-7-23(18-41)43(22)48(2,45)46/h1,5,8-10,13-14,21-23,44H,4,6-7,11-12,15-19H2,2H3/t21-,22?,23?,35+/m1/s1. The molecule has 0 radical (unpaired) electrons. The molecule has 4 saturated heterocycles. The molecule has 3 aromatic carbocycles. The second kappa shape index (κ2) is 11.2. The van der Waals surface area contributed by atoms with Gasteiger partial charge in [0.1, 0.15) is 35.7 Å². The number of terminal acetylenes is 1. The molecule has 4 atom stereocenters. The first-order chi connectivity index (χ1) is 23.0. The van der Waals surface area contributed by atoms with Crippen LogP contribution in [0.1, 0.15) is 37.7 Å². The second-order valence-corrected chi connectivity index (χ2v) is 15.4. The molecule has 0 saturated carbocycles. The lowest BCUT2D eigenvalue weighted by Crippen LogP contribution is -2.55. The number of benzene rings is 3. The van der Waals surface area contributed by atoms with Crippen LogP contribution >= 0.6 is 0 Å². The molecule has 1 N–H and O–H groups in total. The Labute approximate surface area is 276 Å². The molecule has 1 aromatic heterocycles. The number of phenolic OH excluding ortho intramolecular Hbond substituents is 1. The van der Waals surface area contributed by atoms with Crippen molar-refractivity contribution < 1.29 is 31.4 Å². The number of ether oxygens (including phenoxy) is 1. The maximum absolute atomic E-state index is 16.9. The Bertz CT molecular complexity index is 2130. The van der Waals surface area contributed by atoms with Gasteiger partial charge in [0.25, 0.3) is 0 Å². The first-order valence-corrected chi connectivity index (χ1v) is 18.0. The predicted octanol–water partition coefficient (Wildman–Crippen LogP) is 4.98. The van der Waals surface area contributed by atoms with Crippen molar-refractivity contribution >= 4 is 37.5 Å². The molecule has 4 aromatic rings. The summed E-state index contributed by atoms with van der Waals surface area (Å²) in [5, 5.41) is 11.7. The van der Waals surface area contributed by atoms with Gasteiger partial charge in [0.05, 0.1) is 17.4 Å². The van der Waals surface area contributed by atoms with Crippen LogP contribution in [0.25, 0.3) is 32.8 Å². The maximum Gasteiger partial charge on any atom is 0.319 e. The highest BCUT2D eigenvalue weighted by atomic mass is 32.2. The van der Waals surface area contributed by atoms with Crippen LogP contribution in [0.5, 0.6) is 11.8 Å². The summed E-state index contributed by atoms with van der Waals surface area (Å²) in [5.41, 5.74) is -0.374. The SMILES string of the molecule is C#Cc1c(F)ccc2cc(O)cc(-c3ccc4c(N5CC6CCC(C5)N6S(C)(=O)=O)nc(OC[C@@]56CCCN5C[C@H](F)C6)nc4c3F)c12. The van der Waals surface area contributed by atoms with Crippen LogP contribution < -0.4 is 9.64 Å². The van der Waals surface area contributed by atoms with Crippen LogP contribution in [0.3, 0.4) is 0 Å². The smallest absolute Gasteiger partial charge is 0.319 e. The Hall–Kier alpha value is -4.12. The van der Waals surface area contributed by atoms with Crippen LogP contribution in [0.4, 0.5) is 19.0 Å². The molecule has 0 spiro atoms. The van der Waals surface area contributed by atoms with E-state index in [0.717, 1.165) is 19.4 Å². The summed E-state index contributed by atoms with van der Waals surface area (Å²) >= 11 is 0. The van der Waals surface area contributed by atoms with Gasteiger partial charge in [-0.2, -0.15) is 14.3 Å². The first-order valence-electron chi connectivity index (χ1n) is 16.1. The molecule has 9 nitrogen and oxygen atoms in total. The van der Waals surface area contributed by atoms with Crippen LogP contribution in [-0.2, 0) is 10.0 Å². The molecule has 0 amide bonds.